The summed E-state index contributed by atoms with van der Waals surface area (Å²) in [7, 11) is -1.49. The molecule has 7 heteroatoms. The van der Waals surface area contributed by atoms with Gasteiger partial charge in [0.15, 0.2) is 0 Å². The monoisotopic (exact) mass is 405 g/mol. The van der Waals surface area contributed by atoms with Crippen LogP contribution < -0.4 is 5.32 Å². The number of nitrogens with zero attached hydrogens (tertiary/aromatic N) is 2. The number of piperidine rings is 1. The highest BCUT2D eigenvalue weighted by Gasteiger charge is 2.44. The molecule has 1 N–H and O–H groups in total. The van der Waals surface area contributed by atoms with Gasteiger partial charge in [0.25, 0.3) is 0 Å². The van der Waals surface area contributed by atoms with Crippen molar-refractivity contribution in [2.45, 2.75) is 62.4 Å². The number of amides is 2. The Morgan fingerprint density at radius 2 is 1.64 bits per heavy atom. The SMILES string of the molecule is CN(C(=O)NCc1ccc(S(=O)(=O)N2CCCCC2)cc1)C(C1CC1)C1CC1. The van der Waals surface area contributed by atoms with E-state index >= 15 is 0 Å². The van der Waals surface area contributed by atoms with Gasteiger partial charge >= 0.3 is 6.03 Å². The number of nitrogens with one attached hydrogen (secondary N) is 1. The third-order valence-corrected chi connectivity index (χ3v) is 8.21. The van der Waals surface area contributed by atoms with Crippen molar-refractivity contribution < 1.29 is 13.2 Å². The van der Waals surface area contributed by atoms with Gasteiger partial charge in [0.05, 0.1) is 4.90 Å². The summed E-state index contributed by atoms with van der Waals surface area (Å²) >= 11 is 0. The van der Waals surface area contributed by atoms with E-state index in [-0.39, 0.29) is 6.03 Å². The van der Waals surface area contributed by atoms with Crippen molar-refractivity contribution in [2.24, 2.45) is 11.8 Å². The molecule has 154 valence electrons. The minimum Gasteiger partial charge on any atom is -0.334 e. The molecular weight excluding hydrogens is 374 g/mol. The van der Waals surface area contributed by atoms with Crippen LogP contribution in [0.1, 0.15) is 50.5 Å². The first-order valence-corrected chi connectivity index (χ1v) is 12.0. The van der Waals surface area contributed by atoms with Gasteiger partial charge in [-0.05, 0) is 68.1 Å². The maximum absolute atomic E-state index is 12.7. The highest BCUT2D eigenvalue weighted by Crippen LogP contribution is 2.46. The molecule has 28 heavy (non-hydrogen) atoms. The molecule has 3 fully saturated rings. The van der Waals surface area contributed by atoms with E-state index in [1.807, 2.05) is 11.9 Å². The average molecular weight is 406 g/mol. The summed E-state index contributed by atoms with van der Waals surface area (Å²) in [5.74, 6) is 1.37. The molecular formula is C21H31N3O3S. The second kappa shape index (κ2) is 8.03. The summed E-state index contributed by atoms with van der Waals surface area (Å²) in [6.07, 6.45) is 7.93. The molecule has 1 aliphatic heterocycles. The Balaban J connectivity index is 1.33. The molecule has 0 aromatic heterocycles. The predicted octanol–water partition coefficient (Wildman–Crippen LogP) is 3.19. The van der Waals surface area contributed by atoms with Crippen LogP contribution >= 0.6 is 0 Å². The van der Waals surface area contributed by atoms with Gasteiger partial charge in [-0.15, -0.1) is 0 Å². The van der Waals surface area contributed by atoms with E-state index in [0.29, 0.717) is 42.4 Å². The highest BCUT2D eigenvalue weighted by molar-refractivity contribution is 7.89. The van der Waals surface area contributed by atoms with E-state index in [2.05, 4.69) is 5.32 Å². The molecule has 0 spiro atoms. The number of rotatable bonds is 7. The van der Waals surface area contributed by atoms with Gasteiger partial charge in [0.1, 0.15) is 0 Å². The van der Waals surface area contributed by atoms with E-state index in [0.717, 1.165) is 24.8 Å². The van der Waals surface area contributed by atoms with Crippen molar-refractivity contribution in [2.75, 3.05) is 20.1 Å². The summed E-state index contributed by atoms with van der Waals surface area (Å²) in [4.78, 5) is 14.8. The van der Waals surface area contributed by atoms with E-state index in [1.165, 1.54) is 25.7 Å². The third-order valence-electron chi connectivity index (χ3n) is 6.30. The Labute approximate surface area is 168 Å². The standard InChI is InChI=1S/C21H31N3O3S/c1-23(20(17-7-8-17)18-9-10-18)21(25)22-15-16-5-11-19(12-6-16)28(26,27)24-13-3-2-4-14-24/h5-6,11-12,17-18,20H,2-4,7-10,13-15H2,1H3,(H,22,25). The molecule has 4 rings (SSSR count). The number of urea groups is 1. The Hall–Kier alpha value is -1.60. The van der Waals surface area contributed by atoms with Gasteiger partial charge < -0.3 is 10.2 Å². The zero-order valence-electron chi connectivity index (χ0n) is 16.6. The van der Waals surface area contributed by atoms with Crippen LogP contribution in [0.4, 0.5) is 4.79 Å². The number of hydrogen-bond donors (Lipinski definition) is 1. The molecule has 3 aliphatic rings. The van der Waals surface area contributed by atoms with Gasteiger partial charge in [-0.2, -0.15) is 4.31 Å². The maximum atomic E-state index is 12.7. The van der Waals surface area contributed by atoms with Crippen LogP contribution in [0.2, 0.25) is 0 Å². The van der Waals surface area contributed by atoms with Gasteiger partial charge in [-0.3, -0.25) is 0 Å². The van der Waals surface area contributed by atoms with E-state index in [1.54, 1.807) is 28.6 Å². The smallest absolute Gasteiger partial charge is 0.317 e. The molecule has 0 unspecified atom stereocenters. The third kappa shape index (κ3) is 4.35. The van der Waals surface area contributed by atoms with Gasteiger partial charge in [-0.1, -0.05) is 18.6 Å². The molecule has 2 aliphatic carbocycles. The molecule has 1 heterocycles. The van der Waals surface area contributed by atoms with Crippen molar-refractivity contribution in [3.63, 3.8) is 0 Å². The van der Waals surface area contributed by atoms with Crippen LogP contribution in [-0.4, -0.2) is 49.8 Å². The predicted molar refractivity (Wildman–Crippen MR) is 108 cm³/mol. The lowest BCUT2D eigenvalue weighted by molar-refractivity contribution is 0.173. The fourth-order valence-electron chi connectivity index (χ4n) is 4.36. The molecule has 0 radical (unpaired) electrons. The fourth-order valence-corrected chi connectivity index (χ4v) is 5.88. The molecule has 6 nitrogen and oxygen atoms in total. The number of sulfonamides is 1. The van der Waals surface area contributed by atoms with Crippen molar-refractivity contribution in [3.05, 3.63) is 29.8 Å². The summed E-state index contributed by atoms with van der Waals surface area (Å²) < 4.78 is 27.0. The van der Waals surface area contributed by atoms with Crippen LogP contribution in [0.15, 0.2) is 29.2 Å². The molecule has 1 aromatic carbocycles. The van der Waals surface area contributed by atoms with Gasteiger partial charge in [0, 0.05) is 32.7 Å². The minimum absolute atomic E-state index is 0.0335. The molecule has 1 aromatic rings. The lowest BCUT2D eigenvalue weighted by Gasteiger charge is -2.28. The van der Waals surface area contributed by atoms with Crippen molar-refractivity contribution >= 4 is 16.1 Å². The Kier molecular flexibility index (Phi) is 5.65. The lowest BCUT2D eigenvalue weighted by atomic mass is 10.1. The van der Waals surface area contributed by atoms with Crippen molar-refractivity contribution in [3.8, 4) is 0 Å². The van der Waals surface area contributed by atoms with Gasteiger partial charge in [-0.25, -0.2) is 13.2 Å². The number of carbonyl (C=O) groups is 1. The summed E-state index contributed by atoms with van der Waals surface area (Å²) in [5.41, 5.74) is 0.911. The van der Waals surface area contributed by atoms with Crippen molar-refractivity contribution in [1.29, 1.82) is 0 Å². The highest BCUT2D eigenvalue weighted by atomic mass is 32.2. The number of hydrogen-bond acceptors (Lipinski definition) is 3. The second-order valence-corrected chi connectivity index (χ2v) is 10.5. The van der Waals surface area contributed by atoms with Crippen LogP contribution in [0.25, 0.3) is 0 Å². The zero-order valence-corrected chi connectivity index (χ0v) is 17.5. The largest absolute Gasteiger partial charge is 0.334 e. The normalized spacial score (nSPS) is 20.9. The Bertz CT molecular complexity index is 783. The first kappa shape index (κ1) is 19.7. The summed E-state index contributed by atoms with van der Waals surface area (Å²) in [5, 5.41) is 2.99. The van der Waals surface area contributed by atoms with Crippen LogP contribution in [0.3, 0.4) is 0 Å². The van der Waals surface area contributed by atoms with E-state index in [9.17, 15) is 13.2 Å². The summed E-state index contributed by atoms with van der Waals surface area (Å²) in [6, 6.07) is 7.27. The summed E-state index contributed by atoms with van der Waals surface area (Å²) in [6.45, 7) is 1.63. The molecule has 0 atom stereocenters. The Morgan fingerprint density at radius 3 is 2.18 bits per heavy atom. The topological polar surface area (TPSA) is 69.7 Å². The quantitative estimate of drug-likeness (QED) is 0.757. The van der Waals surface area contributed by atoms with E-state index in [4.69, 9.17) is 0 Å². The second-order valence-electron chi connectivity index (χ2n) is 8.54. The zero-order chi connectivity index (χ0) is 19.7. The molecule has 2 amide bonds. The minimum atomic E-state index is -3.40. The Morgan fingerprint density at radius 1 is 1.07 bits per heavy atom. The maximum Gasteiger partial charge on any atom is 0.317 e. The van der Waals surface area contributed by atoms with Crippen molar-refractivity contribution in [1.82, 2.24) is 14.5 Å². The fraction of sp³-hybridized carbons (Fsp3) is 0.667. The molecule has 1 saturated heterocycles. The number of benzene rings is 1. The van der Waals surface area contributed by atoms with Gasteiger partial charge in [0.2, 0.25) is 10.0 Å². The van der Waals surface area contributed by atoms with Crippen LogP contribution in [-0.2, 0) is 16.6 Å². The average Bonchev–Trinajstić information content (AvgIpc) is 3.62. The molecule has 2 saturated carbocycles. The van der Waals surface area contributed by atoms with E-state index < -0.39 is 10.0 Å². The lowest BCUT2D eigenvalue weighted by Crippen LogP contribution is -2.45. The van der Waals surface area contributed by atoms with Crippen LogP contribution in [0.5, 0.6) is 0 Å². The van der Waals surface area contributed by atoms with Crippen LogP contribution in [0, 0.1) is 11.8 Å². The first-order chi connectivity index (χ1) is 13.5. The number of carbonyl (C=O) groups excluding carboxylic acids is 1. The first-order valence-electron chi connectivity index (χ1n) is 10.6. The molecule has 0 bridgehead atoms.